The van der Waals surface area contributed by atoms with Gasteiger partial charge < -0.3 is 14.2 Å². The summed E-state index contributed by atoms with van der Waals surface area (Å²) in [7, 11) is 0. The number of ether oxygens (including phenoxy) is 3. The van der Waals surface area contributed by atoms with E-state index in [9.17, 15) is 14.4 Å². The Morgan fingerprint density at radius 3 is 0.862 bits per heavy atom. The number of hydrogen-bond acceptors (Lipinski definition) is 6. The third-order valence-corrected chi connectivity index (χ3v) is 9.82. The first-order valence-electron chi connectivity index (χ1n) is 25.3. The SMILES string of the molecule is CC/C=C\C/C=C\C/C=C\C/C=C\C/C=C\CCCCCC(=O)OCC(COC(=O)CCCC/C=C\C/C=C\C/C=C\CC)OC(=O)CCCCC/C=C\C/C=C\C/C=C\C/C=C\CC. The van der Waals surface area contributed by atoms with E-state index in [1.165, 1.54) is 0 Å². The summed E-state index contributed by atoms with van der Waals surface area (Å²) >= 11 is 0. The van der Waals surface area contributed by atoms with E-state index >= 15 is 0 Å². The summed E-state index contributed by atoms with van der Waals surface area (Å²) in [5.41, 5.74) is 0. The molecule has 0 saturated heterocycles. The number of carbonyl (C=O) groups is 3. The van der Waals surface area contributed by atoms with Gasteiger partial charge in [-0.1, -0.05) is 179 Å². The second-order valence-corrected chi connectivity index (χ2v) is 15.9. The molecule has 362 valence electrons. The Kier molecular flexibility index (Phi) is 48.2. The molecular weight excluding hydrogens is 805 g/mol. The van der Waals surface area contributed by atoms with E-state index in [-0.39, 0.29) is 44.0 Å². The highest BCUT2D eigenvalue weighted by Crippen LogP contribution is 2.11. The van der Waals surface area contributed by atoms with Crippen LogP contribution in [0, 0.1) is 0 Å². The van der Waals surface area contributed by atoms with E-state index in [0.29, 0.717) is 19.3 Å². The van der Waals surface area contributed by atoms with E-state index in [0.717, 1.165) is 135 Å². The molecule has 0 amide bonds. The highest BCUT2D eigenvalue weighted by Gasteiger charge is 2.19. The molecule has 0 fully saturated rings. The van der Waals surface area contributed by atoms with Gasteiger partial charge in [0.05, 0.1) is 0 Å². The average Bonchev–Trinajstić information content (AvgIpc) is 3.30. The minimum atomic E-state index is -0.830. The highest BCUT2D eigenvalue weighted by molar-refractivity contribution is 5.71. The van der Waals surface area contributed by atoms with Crippen LogP contribution in [0.1, 0.15) is 188 Å². The molecule has 6 heteroatoms. The molecule has 0 radical (unpaired) electrons. The van der Waals surface area contributed by atoms with Gasteiger partial charge in [0.1, 0.15) is 13.2 Å². The van der Waals surface area contributed by atoms with E-state index in [1.54, 1.807) is 0 Å². The van der Waals surface area contributed by atoms with Gasteiger partial charge in [-0.05, 0) is 135 Å². The fourth-order valence-corrected chi connectivity index (χ4v) is 6.12. The van der Waals surface area contributed by atoms with Crippen LogP contribution in [0.2, 0.25) is 0 Å². The van der Waals surface area contributed by atoms with Gasteiger partial charge in [-0.25, -0.2) is 0 Å². The van der Waals surface area contributed by atoms with Gasteiger partial charge in [0.25, 0.3) is 0 Å². The third-order valence-electron chi connectivity index (χ3n) is 9.82. The molecular formula is C59H90O6. The van der Waals surface area contributed by atoms with Crippen LogP contribution in [0.5, 0.6) is 0 Å². The summed E-state index contributed by atoms with van der Waals surface area (Å²) in [5, 5.41) is 0. The quantitative estimate of drug-likeness (QED) is 0.0263. The second kappa shape index (κ2) is 51.9. The topological polar surface area (TPSA) is 78.9 Å². The Hall–Kier alpha value is -4.71. The summed E-state index contributed by atoms with van der Waals surface area (Å²) in [5.74, 6) is -1.04. The molecule has 1 atom stereocenters. The predicted octanol–water partition coefficient (Wildman–Crippen LogP) is 16.9. The van der Waals surface area contributed by atoms with Crippen LogP contribution in [0.3, 0.4) is 0 Å². The first kappa shape index (κ1) is 60.3. The van der Waals surface area contributed by atoms with Crippen molar-refractivity contribution in [2.24, 2.45) is 0 Å². The van der Waals surface area contributed by atoms with Gasteiger partial charge >= 0.3 is 17.9 Å². The summed E-state index contributed by atoms with van der Waals surface area (Å²) in [6, 6.07) is 0. The molecule has 0 bridgehead atoms. The molecule has 65 heavy (non-hydrogen) atoms. The van der Waals surface area contributed by atoms with Gasteiger partial charge in [0.15, 0.2) is 6.10 Å². The van der Waals surface area contributed by atoms with Crippen LogP contribution in [-0.2, 0) is 28.6 Å². The lowest BCUT2D eigenvalue weighted by atomic mass is 10.1. The van der Waals surface area contributed by atoms with E-state index in [2.05, 4.69) is 167 Å². The molecule has 0 aliphatic heterocycles. The van der Waals surface area contributed by atoms with Crippen molar-refractivity contribution in [3.8, 4) is 0 Å². The number of esters is 3. The molecule has 0 aromatic heterocycles. The number of rotatable bonds is 43. The molecule has 0 spiro atoms. The van der Waals surface area contributed by atoms with E-state index in [1.807, 2.05) is 0 Å². The van der Waals surface area contributed by atoms with Crippen LogP contribution in [0.4, 0.5) is 0 Å². The Morgan fingerprint density at radius 2 is 0.554 bits per heavy atom. The first-order valence-corrected chi connectivity index (χ1v) is 25.3. The largest absolute Gasteiger partial charge is 0.462 e. The van der Waals surface area contributed by atoms with Crippen molar-refractivity contribution in [1.29, 1.82) is 0 Å². The molecule has 0 rings (SSSR count). The molecule has 0 aliphatic rings. The molecule has 1 unspecified atom stereocenters. The maximum Gasteiger partial charge on any atom is 0.306 e. The van der Waals surface area contributed by atoms with Crippen molar-refractivity contribution < 1.29 is 28.6 Å². The minimum absolute atomic E-state index is 0.127. The number of unbranched alkanes of at least 4 members (excludes halogenated alkanes) is 8. The molecule has 0 aromatic rings. The number of hydrogen-bond donors (Lipinski definition) is 0. The fourth-order valence-electron chi connectivity index (χ4n) is 6.12. The first-order chi connectivity index (χ1) is 32.0. The predicted molar refractivity (Wildman–Crippen MR) is 279 cm³/mol. The maximum absolute atomic E-state index is 12.8. The average molecular weight is 895 g/mol. The fraction of sp³-hybridized carbons (Fsp3) is 0.542. The molecule has 0 saturated carbocycles. The van der Waals surface area contributed by atoms with Gasteiger partial charge in [-0.3, -0.25) is 14.4 Å². The van der Waals surface area contributed by atoms with Crippen LogP contribution in [-0.4, -0.2) is 37.2 Å². The normalized spacial score (nSPS) is 13.3. The molecule has 0 heterocycles. The lowest BCUT2D eigenvalue weighted by molar-refractivity contribution is -0.167. The lowest BCUT2D eigenvalue weighted by Gasteiger charge is -2.18. The Labute approximate surface area is 397 Å². The van der Waals surface area contributed by atoms with Gasteiger partial charge in [0, 0.05) is 19.3 Å². The Bertz CT molecular complexity index is 1490. The standard InChI is InChI=1S/C59H90O6/c1-4-7-10-13-16-19-22-25-27-29-30-31-33-34-37-40-43-46-49-52-58(61)64-55-56(54-63-57(60)51-48-45-42-39-36-24-21-18-15-12-9-6-3)65-59(62)53-50-47-44-41-38-35-32-28-26-23-20-17-14-11-8-5-2/h7-12,16-21,25-28,30-31,34-39,56H,4-6,13-15,22-24,29,32-33,40-55H2,1-3H3/b10-7-,11-8-,12-9-,19-16-,20-17-,21-18-,27-25-,28-26-,31-30-,37-34-,38-35-,39-36-. The summed E-state index contributed by atoms with van der Waals surface area (Å²) in [6.07, 6.45) is 74.1. The zero-order valence-corrected chi connectivity index (χ0v) is 41.2. The maximum atomic E-state index is 12.8. The van der Waals surface area contributed by atoms with Crippen molar-refractivity contribution in [2.75, 3.05) is 13.2 Å². The lowest BCUT2D eigenvalue weighted by Crippen LogP contribution is -2.30. The van der Waals surface area contributed by atoms with Gasteiger partial charge in [0.2, 0.25) is 0 Å². The number of carbonyl (C=O) groups excluding carboxylic acids is 3. The van der Waals surface area contributed by atoms with Crippen LogP contribution in [0.25, 0.3) is 0 Å². The zero-order valence-electron chi connectivity index (χ0n) is 41.2. The van der Waals surface area contributed by atoms with Gasteiger partial charge in [-0.2, -0.15) is 0 Å². The van der Waals surface area contributed by atoms with Crippen molar-refractivity contribution in [2.45, 2.75) is 194 Å². The number of allylic oxidation sites excluding steroid dienone is 24. The molecule has 6 nitrogen and oxygen atoms in total. The molecule has 0 N–H and O–H groups in total. The van der Waals surface area contributed by atoms with Crippen LogP contribution < -0.4 is 0 Å². The van der Waals surface area contributed by atoms with Crippen molar-refractivity contribution >= 4 is 17.9 Å². The minimum Gasteiger partial charge on any atom is -0.462 e. The van der Waals surface area contributed by atoms with E-state index < -0.39 is 6.10 Å². The summed E-state index contributed by atoms with van der Waals surface area (Å²) < 4.78 is 16.7. The van der Waals surface area contributed by atoms with Gasteiger partial charge in [-0.15, -0.1) is 0 Å². The van der Waals surface area contributed by atoms with E-state index in [4.69, 9.17) is 14.2 Å². The summed E-state index contributed by atoms with van der Waals surface area (Å²) in [6.45, 7) is 6.17. The second-order valence-electron chi connectivity index (χ2n) is 15.9. The smallest absolute Gasteiger partial charge is 0.306 e. The molecule has 0 aliphatic carbocycles. The third kappa shape index (κ3) is 50.2. The van der Waals surface area contributed by atoms with Crippen LogP contribution >= 0.6 is 0 Å². The Balaban J connectivity index is 4.57. The Morgan fingerprint density at radius 1 is 0.308 bits per heavy atom. The summed E-state index contributed by atoms with van der Waals surface area (Å²) in [4.78, 5) is 37.9. The monoisotopic (exact) mass is 895 g/mol. The van der Waals surface area contributed by atoms with Crippen LogP contribution in [0.15, 0.2) is 146 Å². The molecule has 0 aromatic carbocycles. The highest BCUT2D eigenvalue weighted by atomic mass is 16.6. The van der Waals surface area contributed by atoms with Crippen molar-refractivity contribution in [3.05, 3.63) is 146 Å². The zero-order chi connectivity index (χ0) is 47.2. The van der Waals surface area contributed by atoms with Crippen molar-refractivity contribution in [1.82, 2.24) is 0 Å². The van der Waals surface area contributed by atoms with Crippen molar-refractivity contribution in [3.63, 3.8) is 0 Å².